The van der Waals surface area contributed by atoms with Crippen LogP contribution in [-0.2, 0) is 9.53 Å². The van der Waals surface area contributed by atoms with Gasteiger partial charge in [0.05, 0.1) is 33.5 Å². The molecule has 6 heteroatoms. The average Bonchev–Trinajstić information content (AvgIpc) is 2.52. The van der Waals surface area contributed by atoms with Gasteiger partial charge in [0.1, 0.15) is 5.75 Å². The maximum absolute atomic E-state index is 11.8. The van der Waals surface area contributed by atoms with Crippen molar-refractivity contribution in [2.24, 2.45) is 0 Å². The summed E-state index contributed by atoms with van der Waals surface area (Å²) in [4.78, 5) is 15.0. The minimum atomic E-state index is -0.451. The number of carbonyl (C=O) groups is 1. The van der Waals surface area contributed by atoms with Crippen LogP contribution in [0.15, 0.2) is 30.0 Å². The molecule has 1 rings (SSSR count). The van der Waals surface area contributed by atoms with Crippen molar-refractivity contribution in [1.29, 1.82) is 0 Å². The highest BCUT2D eigenvalue weighted by atomic mass is 16.5. The predicted molar refractivity (Wildman–Crippen MR) is 78.5 cm³/mol. The second-order valence-electron chi connectivity index (χ2n) is 4.01. The standard InChI is InChI=1S/C15H18N2O4/c1-16-14(15(19)17-7-9-21-10-8-18)11-12-3-5-13(20-2)6-4-12/h3-6,11,18H,7-10H2,2H3,(H,17,19). The number of amides is 1. The Labute approximate surface area is 123 Å². The summed E-state index contributed by atoms with van der Waals surface area (Å²) in [6.45, 7) is 7.82. The Bertz CT molecular complexity index is 517. The second kappa shape index (κ2) is 9.53. The van der Waals surface area contributed by atoms with Gasteiger partial charge in [-0.2, -0.15) is 0 Å². The van der Waals surface area contributed by atoms with E-state index in [1.807, 2.05) is 0 Å². The van der Waals surface area contributed by atoms with Gasteiger partial charge in [0.25, 0.3) is 5.70 Å². The SMILES string of the molecule is [C-]#[N+]C(=Cc1ccc(OC)cc1)C(=O)NCCOCCO. The van der Waals surface area contributed by atoms with Crippen molar-refractivity contribution < 1.29 is 19.4 Å². The molecule has 0 aliphatic carbocycles. The van der Waals surface area contributed by atoms with E-state index in [1.165, 1.54) is 6.08 Å². The van der Waals surface area contributed by atoms with E-state index < -0.39 is 5.91 Å². The molecular formula is C15H18N2O4. The largest absolute Gasteiger partial charge is 0.497 e. The molecule has 0 saturated heterocycles. The van der Waals surface area contributed by atoms with Crippen LogP contribution in [0.5, 0.6) is 5.75 Å². The fourth-order valence-electron chi connectivity index (χ4n) is 1.50. The van der Waals surface area contributed by atoms with Crippen LogP contribution in [0.2, 0.25) is 0 Å². The van der Waals surface area contributed by atoms with Gasteiger partial charge in [-0.3, -0.25) is 4.79 Å². The van der Waals surface area contributed by atoms with Gasteiger partial charge in [0.15, 0.2) is 0 Å². The molecule has 0 aliphatic heterocycles. The van der Waals surface area contributed by atoms with Crippen LogP contribution in [0, 0.1) is 6.57 Å². The Morgan fingerprint density at radius 1 is 1.38 bits per heavy atom. The average molecular weight is 290 g/mol. The van der Waals surface area contributed by atoms with Crippen LogP contribution >= 0.6 is 0 Å². The highest BCUT2D eigenvalue weighted by Crippen LogP contribution is 2.14. The lowest BCUT2D eigenvalue weighted by Gasteiger charge is -2.05. The van der Waals surface area contributed by atoms with Crippen molar-refractivity contribution in [1.82, 2.24) is 5.32 Å². The molecule has 0 spiro atoms. The van der Waals surface area contributed by atoms with E-state index in [0.717, 1.165) is 5.56 Å². The highest BCUT2D eigenvalue weighted by molar-refractivity contribution is 5.99. The third-order valence-electron chi connectivity index (χ3n) is 2.54. The number of ether oxygens (including phenoxy) is 2. The Morgan fingerprint density at radius 2 is 2.10 bits per heavy atom. The van der Waals surface area contributed by atoms with Crippen molar-refractivity contribution >= 4 is 12.0 Å². The summed E-state index contributed by atoms with van der Waals surface area (Å²) in [5.74, 6) is 0.260. The van der Waals surface area contributed by atoms with Crippen LogP contribution in [0.25, 0.3) is 10.9 Å². The Kier molecular flexibility index (Phi) is 7.58. The monoisotopic (exact) mass is 290 g/mol. The molecule has 112 valence electrons. The number of nitrogens with zero attached hydrogens (tertiary/aromatic N) is 1. The molecule has 1 amide bonds. The fourth-order valence-corrected chi connectivity index (χ4v) is 1.50. The van der Waals surface area contributed by atoms with Gasteiger partial charge in [-0.1, -0.05) is 12.1 Å². The maximum Gasteiger partial charge on any atom is 0.250 e. The van der Waals surface area contributed by atoms with Crippen LogP contribution < -0.4 is 10.1 Å². The Hall–Kier alpha value is -2.36. The highest BCUT2D eigenvalue weighted by Gasteiger charge is 2.08. The molecule has 0 radical (unpaired) electrons. The minimum absolute atomic E-state index is 0.00215. The predicted octanol–water partition coefficient (Wildman–Crippen LogP) is 1.08. The first kappa shape index (κ1) is 16.7. The smallest absolute Gasteiger partial charge is 0.250 e. The maximum atomic E-state index is 11.8. The summed E-state index contributed by atoms with van der Waals surface area (Å²) in [7, 11) is 1.57. The van der Waals surface area contributed by atoms with E-state index in [9.17, 15) is 4.79 Å². The van der Waals surface area contributed by atoms with Crippen molar-refractivity contribution in [3.63, 3.8) is 0 Å². The lowest BCUT2D eigenvalue weighted by atomic mass is 10.2. The first-order chi connectivity index (χ1) is 10.2. The molecule has 0 atom stereocenters. The summed E-state index contributed by atoms with van der Waals surface area (Å²) in [6, 6.07) is 7.05. The van der Waals surface area contributed by atoms with Crippen molar-refractivity contribution in [3.05, 3.63) is 46.9 Å². The zero-order valence-electron chi connectivity index (χ0n) is 11.8. The third-order valence-corrected chi connectivity index (χ3v) is 2.54. The number of rotatable bonds is 8. The van der Waals surface area contributed by atoms with Crippen LogP contribution in [0.3, 0.4) is 0 Å². The number of methoxy groups -OCH3 is 1. The summed E-state index contributed by atoms with van der Waals surface area (Å²) in [5.41, 5.74) is 0.746. The van der Waals surface area contributed by atoms with E-state index in [4.69, 9.17) is 21.2 Å². The lowest BCUT2D eigenvalue weighted by molar-refractivity contribution is -0.117. The van der Waals surface area contributed by atoms with Gasteiger partial charge in [0, 0.05) is 6.54 Å². The first-order valence-electron chi connectivity index (χ1n) is 6.41. The van der Waals surface area contributed by atoms with Gasteiger partial charge in [-0.05, 0) is 23.8 Å². The molecule has 0 bridgehead atoms. The summed E-state index contributed by atoms with van der Waals surface area (Å²) >= 11 is 0. The minimum Gasteiger partial charge on any atom is -0.497 e. The molecule has 0 fully saturated rings. The first-order valence-corrected chi connectivity index (χ1v) is 6.41. The van der Waals surface area contributed by atoms with Gasteiger partial charge < -0.3 is 19.9 Å². The fraction of sp³-hybridized carbons (Fsp3) is 0.333. The zero-order chi connectivity index (χ0) is 15.5. The number of benzene rings is 1. The van der Waals surface area contributed by atoms with Crippen LogP contribution in [0.4, 0.5) is 0 Å². The molecule has 0 heterocycles. The van der Waals surface area contributed by atoms with Crippen molar-refractivity contribution in [3.8, 4) is 5.75 Å². The molecule has 21 heavy (non-hydrogen) atoms. The van der Waals surface area contributed by atoms with Gasteiger partial charge in [-0.25, -0.2) is 4.85 Å². The lowest BCUT2D eigenvalue weighted by Crippen LogP contribution is -2.28. The van der Waals surface area contributed by atoms with Crippen molar-refractivity contribution in [2.45, 2.75) is 0 Å². The number of aliphatic hydroxyl groups is 1. The number of carbonyl (C=O) groups excluding carboxylic acids is 1. The van der Waals surface area contributed by atoms with Crippen LogP contribution in [-0.4, -0.2) is 44.5 Å². The molecule has 1 aromatic carbocycles. The summed E-state index contributed by atoms with van der Waals surface area (Å²) < 4.78 is 10.1. The molecular weight excluding hydrogens is 272 g/mol. The van der Waals surface area contributed by atoms with E-state index in [1.54, 1.807) is 31.4 Å². The Morgan fingerprint density at radius 3 is 2.67 bits per heavy atom. The van der Waals surface area contributed by atoms with Gasteiger partial charge >= 0.3 is 0 Å². The quantitative estimate of drug-likeness (QED) is 0.427. The molecule has 0 saturated carbocycles. The van der Waals surface area contributed by atoms with Gasteiger partial charge in [0.2, 0.25) is 5.91 Å². The van der Waals surface area contributed by atoms with E-state index in [0.29, 0.717) is 12.4 Å². The van der Waals surface area contributed by atoms with E-state index >= 15 is 0 Å². The zero-order valence-corrected chi connectivity index (χ0v) is 11.8. The number of hydrogen-bond acceptors (Lipinski definition) is 4. The second-order valence-corrected chi connectivity index (χ2v) is 4.01. The topological polar surface area (TPSA) is 72.2 Å². The Balaban J connectivity index is 2.57. The summed E-state index contributed by atoms with van der Waals surface area (Å²) in [5, 5.41) is 11.1. The number of aliphatic hydroxyl groups excluding tert-OH is 1. The van der Waals surface area contributed by atoms with Crippen molar-refractivity contribution in [2.75, 3.05) is 33.5 Å². The van der Waals surface area contributed by atoms with Crippen LogP contribution in [0.1, 0.15) is 5.56 Å². The van der Waals surface area contributed by atoms with E-state index in [-0.39, 0.29) is 25.5 Å². The van der Waals surface area contributed by atoms with E-state index in [2.05, 4.69) is 10.2 Å². The number of hydrogen-bond donors (Lipinski definition) is 2. The third kappa shape index (κ3) is 6.08. The number of nitrogens with one attached hydrogen (secondary N) is 1. The molecule has 0 aromatic heterocycles. The summed E-state index contributed by atoms with van der Waals surface area (Å²) in [6.07, 6.45) is 1.51. The molecule has 0 unspecified atom stereocenters. The normalized spacial score (nSPS) is 10.8. The van der Waals surface area contributed by atoms with Gasteiger partial charge in [-0.15, -0.1) is 0 Å². The molecule has 1 aromatic rings. The molecule has 0 aliphatic rings. The molecule has 2 N–H and O–H groups in total. The molecule has 6 nitrogen and oxygen atoms in total.